The minimum Gasteiger partial charge on any atom is -0.430 e. The summed E-state index contributed by atoms with van der Waals surface area (Å²) in [5.74, 6) is 0.511. The predicted octanol–water partition coefficient (Wildman–Crippen LogP) is 2.54. The lowest BCUT2D eigenvalue weighted by Crippen LogP contribution is -2.15. The van der Waals surface area contributed by atoms with Crippen LogP contribution in [0.5, 0.6) is 5.75 Å². The van der Waals surface area contributed by atoms with Crippen molar-refractivity contribution in [3.05, 3.63) is 60.7 Å². The summed E-state index contributed by atoms with van der Waals surface area (Å²) in [4.78, 5) is 0. The van der Waals surface area contributed by atoms with Gasteiger partial charge in [-0.25, -0.2) is 5.50 Å². The van der Waals surface area contributed by atoms with Crippen LogP contribution in [0.4, 0.5) is 0 Å². The maximum Gasteiger partial charge on any atom is 0.344 e. The first kappa shape index (κ1) is 10.9. The van der Waals surface area contributed by atoms with Crippen molar-refractivity contribution in [3.8, 4) is 5.75 Å². The average molecular weight is 233 g/mol. The molecule has 4 heteroatoms. The number of benzene rings is 2. The monoisotopic (exact) mass is 233 g/mol. The van der Waals surface area contributed by atoms with Gasteiger partial charge >= 0.3 is 7.52 Å². The Balaban J connectivity index is 2.25. The van der Waals surface area contributed by atoms with Crippen molar-refractivity contribution < 1.29 is 9.09 Å². The van der Waals surface area contributed by atoms with Crippen molar-refractivity contribution in [2.75, 3.05) is 0 Å². The van der Waals surface area contributed by atoms with Crippen LogP contribution < -0.4 is 15.3 Å². The van der Waals surface area contributed by atoms with E-state index in [-0.39, 0.29) is 0 Å². The molecule has 0 saturated heterocycles. The zero-order chi connectivity index (χ0) is 11.4. The molecule has 2 N–H and O–H groups in total. The number of hydrogen-bond acceptors (Lipinski definition) is 2. The quantitative estimate of drug-likeness (QED) is 0.829. The SMILES string of the molecule is N[P@@](=O)(Oc1ccccc1)c1ccccc1. The lowest BCUT2D eigenvalue weighted by molar-refractivity contribution is 0.494. The van der Waals surface area contributed by atoms with Gasteiger partial charge in [0.1, 0.15) is 5.75 Å². The highest BCUT2D eigenvalue weighted by molar-refractivity contribution is 7.65. The third kappa shape index (κ3) is 2.51. The fourth-order valence-electron chi connectivity index (χ4n) is 1.33. The summed E-state index contributed by atoms with van der Waals surface area (Å²) >= 11 is 0. The van der Waals surface area contributed by atoms with Gasteiger partial charge in [-0.2, -0.15) is 0 Å². The van der Waals surface area contributed by atoms with E-state index in [0.29, 0.717) is 11.1 Å². The normalized spacial score (nSPS) is 14.1. The molecular weight excluding hydrogens is 221 g/mol. The Hall–Kier alpha value is -1.57. The van der Waals surface area contributed by atoms with Gasteiger partial charge < -0.3 is 4.52 Å². The molecule has 3 nitrogen and oxygen atoms in total. The van der Waals surface area contributed by atoms with Crippen LogP contribution in [0.2, 0.25) is 0 Å². The standard InChI is InChI=1S/C12H12NO2P/c13-16(14,12-9-5-2-6-10-12)15-11-7-3-1-4-8-11/h1-10H,(H2,13,14)/t16-/m0/s1. The molecule has 0 unspecified atom stereocenters. The van der Waals surface area contributed by atoms with Gasteiger partial charge in [0, 0.05) is 0 Å². The van der Waals surface area contributed by atoms with E-state index in [9.17, 15) is 4.57 Å². The fraction of sp³-hybridized carbons (Fsp3) is 0. The maximum absolute atomic E-state index is 12.1. The van der Waals surface area contributed by atoms with Crippen LogP contribution in [0.3, 0.4) is 0 Å². The van der Waals surface area contributed by atoms with Crippen molar-refractivity contribution in [2.45, 2.75) is 0 Å². The van der Waals surface area contributed by atoms with E-state index < -0.39 is 7.52 Å². The molecule has 0 aromatic heterocycles. The second kappa shape index (κ2) is 4.52. The summed E-state index contributed by atoms with van der Waals surface area (Å²) in [6, 6.07) is 17.7. The first-order chi connectivity index (χ1) is 7.68. The van der Waals surface area contributed by atoms with Crippen LogP contribution in [0.15, 0.2) is 60.7 Å². The van der Waals surface area contributed by atoms with E-state index in [1.165, 1.54) is 0 Å². The fourth-order valence-corrected chi connectivity index (χ4v) is 2.45. The lowest BCUT2D eigenvalue weighted by atomic mass is 10.3. The van der Waals surface area contributed by atoms with Crippen LogP contribution in [-0.2, 0) is 4.57 Å². The van der Waals surface area contributed by atoms with Gasteiger partial charge in [0.15, 0.2) is 0 Å². The number of para-hydroxylation sites is 1. The van der Waals surface area contributed by atoms with Gasteiger partial charge in [-0.3, -0.25) is 4.57 Å². The maximum atomic E-state index is 12.1. The van der Waals surface area contributed by atoms with Crippen molar-refractivity contribution in [1.29, 1.82) is 0 Å². The van der Waals surface area contributed by atoms with E-state index in [1.54, 1.807) is 48.5 Å². The Labute approximate surface area is 94.4 Å². The molecule has 2 aromatic carbocycles. The topological polar surface area (TPSA) is 52.3 Å². The minimum absolute atomic E-state index is 0.511. The van der Waals surface area contributed by atoms with Crippen LogP contribution in [-0.4, -0.2) is 0 Å². The van der Waals surface area contributed by atoms with E-state index in [0.717, 1.165) is 0 Å². The molecule has 0 saturated carbocycles. The van der Waals surface area contributed by atoms with Gasteiger partial charge in [0.05, 0.1) is 5.30 Å². The molecule has 0 aliphatic heterocycles. The molecular formula is C12H12NO2P. The van der Waals surface area contributed by atoms with Gasteiger partial charge in [0.2, 0.25) is 0 Å². The zero-order valence-corrected chi connectivity index (χ0v) is 9.51. The Morgan fingerprint density at radius 1 is 0.875 bits per heavy atom. The van der Waals surface area contributed by atoms with Crippen LogP contribution in [0.25, 0.3) is 0 Å². The first-order valence-electron chi connectivity index (χ1n) is 4.87. The Kier molecular flexibility index (Phi) is 3.09. The summed E-state index contributed by atoms with van der Waals surface area (Å²) in [5.41, 5.74) is 5.70. The molecule has 0 heterocycles. The van der Waals surface area contributed by atoms with Crippen LogP contribution >= 0.6 is 7.52 Å². The zero-order valence-electron chi connectivity index (χ0n) is 8.61. The van der Waals surface area contributed by atoms with Crippen LogP contribution in [0.1, 0.15) is 0 Å². The van der Waals surface area contributed by atoms with E-state index in [2.05, 4.69) is 0 Å². The first-order valence-corrected chi connectivity index (χ1v) is 6.57. The largest absolute Gasteiger partial charge is 0.430 e. The number of rotatable bonds is 3. The highest BCUT2D eigenvalue weighted by atomic mass is 31.2. The summed E-state index contributed by atoms with van der Waals surface area (Å²) in [5, 5.41) is 0.513. The summed E-state index contributed by atoms with van der Waals surface area (Å²) < 4.78 is 17.5. The van der Waals surface area contributed by atoms with E-state index >= 15 is 0 Å². The molecule has 0 aliphatic carbocycles. The number of nitrogens with two attached hydrogens (primary N) is 1. The van der Waals surface area contributed by atoms with Gasteiger partial charge in [0.25, 0.3) is 0 Å². The van der Waals surface area contributed by atoms with E-state index in [1.807, 2.05) is 12.1 Å². The molecule has 0 bridgehead atoms. The van der Waals surface area contributed by atoms with Gasteiger partial charge in [-0.15, -0.1) is 0 Å². The number of hydrogen-bond donors (Lipinski definition) is 1. The third-order valence-electron chi connectivity index (χ3n) is 2.10. The predicted molar refractivity (Wildman–Crippen MR) is 64.9 cm³/mol. The Morgan fingerprint density at radius 3 is 1.94 bits per heavy atom. The average Bonchev–Trinajstić information content (AvgIpc) is 2.31. The third-order valence-corrected chi connectivity index (χ3v) is 3.60. The smallest absolute Gasteiger partial charge is 0.344 e. The molecule has 82 valence electrons. The second-order valence-corrected chi connectivity index (χ2v) is 5.23. The van der Waals surface area contributed by atoms with Gasteiger partial charge in [-0.05, 0) is 24.3 Å². The molecule has 0 aliphatic rings. The Bertz CT molecular complexity index is 499. The molecule has 0 spiro atoms. The summed E-state index contributed by atoms with van der Waals surface area (Å²) in [7, 11) is -3.27. The molecule has 16 heavy (non-hydrogen) atoms. The second-order valence-electron chi connectivity index (χ2n) is 3.34. The molecule has 1 atom stereocenters. The molecule has 0 radical (unpaired) electrons. The van der Waals surface area contributed by atoms with Crippen molar-refractivity contribution >= 4 is 12.8 Å². The molecule has 0 fully saturated rings. The Morgan fingerprint density at radius 2 is 1.38 bits per heavy atom. The van der Waals surface area contributed by atoms with Gasteiger partial charge in [-0.1, -0.05) is 36.4 Å². The van der Waals surface area contributed by atoms with Crippen LogP contribution in [0, 0.1) is 0 Å². The highest BCUT2D eigenvalue weighted by Crippen LogP contribution is 2.37. The van der Waals surface area contributed by atoms with Crippen molar-refractivity contribution in [1.82, 2.24) is 0 Å². The molecule has 2 rings (SSSR count). The summed E-state index contributed by atoms with van der Waals surface area (Å²) in [6.45, 7) is 0. The molecule has 0 amide bonds. The minimum atomic E-state index is -3.27. The highest BCUT2D eigenvalue weighted by Gasteiger charge is 2.20. The molecule has 2 aromatic rings. The van der Waals surface area contributed by atoms with Crippen molar-refractivity contribution in [2.24, 2.45) is 5.50 Å². The lowest BCUT2D eigenvalue weighted by Gasteiger charge is -2.14. The van der Waals surface area contributed by atoms with E-state index in [4.69, 9.17) is 10.0 Å². The summed E-state index contributed by atoms with van der Waals surface area (Å²) in [6.07, 6.45) is 0. The van der Waals surface area contributed by atoms with Crippen molar-refractivity contribution in [3.63, 3.8) is 0 Å².